The Morgan fingerprint density at radius 3 is 2.26 bits per heavy atom. The number of nitrogens with zero attached hydrogens (tertiary/aromatic N) is 5. The molecule has 0 fully saturated rings. The number of benzene rings is 1. The first kappa shape index (κ1) is 29.3. The molecule has 0 aromatic heterocycles. The number of carbonyl (C=O) groups excluding carboxylic acids is 1. The number of allylic oxidation sites excluding steroid dienone is 1. The predicted molar refractivity (Wildman–Crippen MR) is 140 cm³/mol. The van der Waals surface area contributed by atoms with Crippen molar-refractivity contribution in [3.05, 3.63) is 59.4 Å². The van der Waals surface area contributed by atoms with Gasteiger partial charge in [0.1, 0.15) is 5.71 Å². The number of rotatable bonds is 8. The minimum atomic E-state index is -0.0447. The molecule has 34 heavy (non-hydrogen) atoms. The Bertz CT molecular complexity index is 1020. The van der Waals surface area contributed by atoms with E-state index in [9.17, 15) is 4.79 Å². The third-order valence-electron chi connectivity index (χ3n) is 4.59. The van der Waals surface area contributed by atoms with Gasteiger partial charge in [-0.2, -0.15) is 10.2 Å². The minimum absolute atomic E-state index is 0. The third kappa shape index (κ3) is 9.66. The molecule has 0 saturated heterocycles. The second kappa shape index (κ2) is 15.3. The van der Waals surface area contributed by atoms with Gasteiger partial charge in [-0.25, -0.2) is 0 Å². The van der Waals surface area contributed by atoms with Gasteiger partial charge in [0.15, 0.2) is 0 Å². The fourth-order valence-electron chi connectivity index (χ4n) is 2.84. The normalized spacial score (nSPS) is 14.8. The summed E-state index contributed by atoms with van der Waals surface area (Å²) in [7, 11) is 5.07. The van der Waals surface area contributed by atoms with Crippen LogP contribution in [0.1, 0.15) is 24.5 Å². The van der Waals surface area contributed by atoms with Crippen molar-refractivity contribution < 1.29 is 24.3 Å². The SMILES string of the molecule is CN=C([S-])N/N=C(\C(C)=N\NC([S-])=NC)c1ccc(CCNC(=O)C2=CN(C)C=CC2)cc1.[Zn+2]. The molecule has 1 aliphatic heterocycles. The average molecular weight is 550 g/mol. The smallest absolute Gasteiger partial charge is 0.741 e. The Morgan fingerprint density at radius 2 is 1.68 bits per heavy atom. The van der Waals surface area contributed by atoms with Gasteiger partial charge in [-0.3, -0.25) is 25.6 Å². The average Bonchev–Trinajstić information content (AvgIpc) is 2.83. The van der Waals surface area contributed by atoms with Crippen LogP contribution in [0.15, 0.2) is 68.5 Å². The van der Waals surface area contributed by atoms with Crippen LogP contribution in [0.4, 0.5) is 0 Å². The van der Waals surface area contributed by atoms with Gasteiger partial charge in [-0.05, 0) is 41.9 Å². The largest absolute Gasteiger partial charge is 2.00 e. The van der Waals surface area contributed by atoms with Crippen molar-refractivity contribution in [2.45, 2.75) is 19.8 Å². The summed E-state index contributed by atoms with van der Waals surface area (Å²) >= 11 is 10.1. The Kier molecular flexibility index (Phi) is 13.2. The van der Waals surface area contributed by atoms with E-state index in [0.29, 0.717) is 30.8 Å². The molecule has 0 bridgehead atoms. The number of hydrogen-bond donors (Lipinski definition) is 3. The molecule has 0 spiro atoms. The molecule has 0 atom stereocenters. The Balaban J connectivity index is 0.00000578. The van der Waals surface area contributed by atoms with E-state index in [1.807, 2.05) is 54.7 Å². The predicted octanol–water partition coefficient (Wildman–Crippen LogP) is 1.40. The minimum Gasteiger partial charge on any atom is -0.741 e. The van der Waals surface area contributed by atoms with E-state index in [4.69, 9.17) is 25.3 Å². The molecule has 1 aromatic rings. The van der Waals surface area contributed by atoms with Crippen LogP contribution in [0.25, 0.3) is 0 Å². The van der Waals surface area contributed by atoms with Crippen molar-refractivity contribution in [1.29, 1.82) is 0 Å². The molecule has 9 nitrogen and oxygen atoms in total. The number of nitrogens with one attached hydrogen (secondary N) is 3. The monoisotopic (exact) mass is 548 g/mol. The second-order valence-corrected chi connectivity index (χ2v) is 7.82. The van der Waals surface area contributed by atoms with Crippen molar-refractivity contribution in [3.63, 3.8) is 0 Å². The van der Waals surface area contributed by atoms with Gasteiger partial charge in [0.25, 0.3) is 0 Å². The first-order valence-corrected chi connectivity index (χ1v) is 11.0. The maximum Gasteiger partial charge on any atom is 2.00 e. The summed E-state index contributed by atoms with van der Waals surface area (Å²) in [5.41, 5.74) is 9.27. The molecular weight excluding hydrogens is 522 g/mol. The molecular formula is C22H28N8OS2Zn. The number of amidine groups is 2. The van der Waals surface area contributed by atoms with E-state index in [1.165, 1.54) is 0 Å². The molecule has 3 N–H and O–H groups in total. The molecule has 2 rings (SSSR count). The van der Waals surface area contributed by atoms with Gasteiger partial charge in [-0.1, -0.05) is 30.3 Å². The molecule has 0 aliphatic carbocycles. The first-order valence-electron chi connectivity index (χ1n) is 10.2. The number of amides is 1. The number of aliphatic imine (C=N–C) groups is 2. The number of carbonyl (C=O) groups is 1. The summed E-state index contributed by atoms with van der Waals surface area (Å²) in [6.45, 7) is 2.34. The zero-order valence-corrected chi connectivity index (χ0v) is 24.4. The van der Waals surface area contributed by atoms with E-state index in [2.05, 4.69) is 36.4 Å². The summed E-state index contributed by atoms with van der Waals surface area (Å²) in [5.74, 6) is -0.0447. The second-order valence-electron chi connectivity index (χ2n) is 7.05. The fraction of sp³-hybridized carbons (Fsp3) is 0.318. The van der Waals surface area contributed by atoms with Gasteiger partial charge in [-0.15, -0.1) is 0 Å². The molecule has 0 saturated carbocycles. The quantitative estimate of drug-likeness (QED) is 0.149. The van der Waals surface area contributed by atoms with Gasteiger partial charge in [0, 0.05) is 45.0 Å². The van der Waals surface area contributed by atoms with E-state index in [1.54, 1.807) is 21.0 Å². The van der Waals surface area contributed by atoms with E-state index in [-0.39, 0.29) is 35.7 Å². The first-order chi connectivity index (χ1) is 15.8. The Labute approximate surface area is 224 Å². The van der Waals surface area contributed by atoms with Crippen LogP contribution in [0, 0.1) is 0 Å². The third-order valence-corrected chi connectivity index (χ3v) is 5.14. The summed E-state index contributed by atoms with van der Waals surface area (Å²) in [6, 6.07) is 7.86. The Morgan fingerprint density at radius 1 is 1.06 bits per heavy atom. The van der Waals surface area contributed by atoms with E-state index >= 15 is 0 Å². The molecule has 1 aliphatic rings. The van der Waals surface area contributed by atoms with Crippen molar-refractivity contribution in [2.75, 3.05) is 27.7 Å². The van der Waals surface area contributed by atoms with Crippen LogP contribution in [0.5, 0.6) is 0 Å². The van der Waals surface area contributed by atoms with Crippen LogP contribution in [0.3, 0.4) is 0 Å². The van der Waals surface area contributed by atoms with Crippen LogP contribution in [-0.4, -0.2) is 60.3 Å². The summed E-state index contributed by atoms with van der Waals surface area (Å²) in [5, 5.41) is 12.1. The fourth-order valence-corrected chi connectivity index (χ4v) is 2.94. The van der Waals surface area contributed by atoms with Crippen LogP contribution >= 0.6 is 0 Å². The van der Waals surface area contributed by atoms with Crippen LogP contribution < -0.4 is 16.2 Å². The molecule has 1 heterocycles. The van der Waals surface area contributed by atoms with Gasteiger partial charge >= 0.3 is 19.5 Å². The molecule has 12 heteroatoms. The zero-order valence-electron chi connectivity index (χ0n) is 19.8. The standard InChI is InChI=1S/C22H30N8OS2.Zn/c1-15(26-28-21(32)23-2)19(27-29-22(33)24-3)17-9-7-16(8-10-17)11-12-25-20(31)18-6-5-13-30(4)14-18;/h5,7-10,13-14H,6,11-12H2,1-4H3,(H,25,31)(H2,23,28,32)(H2,24,29,33);/q;+2/p-2/b26-15+,27-19+;. The maximum atomic E-state index is 12.3. The van der Waals surface area contributed by atoms with Gasteiger partial charge in [0.2, 0.25) is 5.91 Å². The molecule has 0 radical (unpaired) electrons. The number of hydrazone groups is 2. The summed E-state index contributed by atoms with van der Waals surface area (Å²) < 4.78 is 0. The maximum absolute atomic E-state index is 12.3. The molecule has 1 aromatic carbocycles. The topological polar surface area (TPSA) is 106 Å². The summed E-state index contributed by atoms with van der Waals surface area (Å²) in [6.07, 6.45) is 7.09. The van der Waals surface area contributed by atoms with Crippen molar-refractivity contribution >= 4 is 52.9 Å². The van der Waals surface area contributed by atoms with Crippen molar-refractivity contribution in [3.8, 4) is 0 Å². The molecule has 1 amide bonds. The summed E-state index contributed by atoms with van der Waals surface area (Å²) in [4.78, 5) is 21.9. The van der Waals surface area contributed by atoms with E-state index < -0.39 is 0 Å². The van der Waals surface area contributed by atoms with Crippen molar-refractivity contribution in [2.24, 2.45) is 20.2 Å². The van der Waals surface area contributed by atoms with Gasteiger partial charge in [0.05, 0.1) is 5.71 Å². The van der Waals surface area contributed by atoms with Crippen LogP contribution in [0.2, 0.25) is 0 Å². The van der Waals surface area contributed by atoms with Crippen molar-refractivity contribution in [1.82, 2.24) is 21.1 Å². The number of hydrogen-bond acceptors (Lipinski definition) is 8. The zero-order chi connectivity index (χ0) is 24.2. The molecule has 0 unspecified atom stereocenters. The van der Waals surface area contributed by atoms with E-state index in [0.717, 1.165) is 16.7 Å². The van der Waals surface area contributed by atoms with Gasteiger partial charge < -0.3 is 35.5 Å². The molecule has 176 valence electrons. The van der Waals surface area contributed by atoms with Crippen LogP contribution in [-0.2, 0) is 56.0 Å². The Hall–Kier alpha value is -2.69.